The summed E-state index contributed by atoms with van der Waals surface area (Å²) in [4.78, 5) is 12.8. The van der Waals surface area contributed by atoms with Crippen molar-refractivity contribution < 1.29 is 22.3 Å². The summed E-state index contributed by atoms with van der Waals surface area (Å²) < 4.78 is 46.2. The first-order chi connectivity index (χ1) is 14.8. The van der Waals surface area contributed by atoms with Crippen LogP contribution < -0.4 is 10.0 Å². The molecule has 6 nitrogen and oxygen atoms in total. The summed E-state index contributed by atoms with van der Waals surface area (Å²) in [6.07, 6.45) is 2.43. The highest BCUT2D eigenvalue weighted by Crippen LogP contribution is 2.27. The zero-order valence-electron chi connectivity index (χ0n) is 17.8. The fraction of sp³-hybridized carbons (Fsp3) is 0.435. The minimum absolute atomic E-state index is 0.0492. The number of amides is 1. The van der Waals surface area contributed by atoms with Crippen molar-refractivity contribution in [1.82, 2.24) is 10.0 Å². The first-order valence-corrected chi connectivity index (χ1v) is 11.9. The molecule has 168 valence electrons. The van der Waals surface area contributed by atoms with Crippen LogP contribution in [0.2, 0.25) is 0 Å². The third-order valence-corrected chi connectivity index (χ3v) is 7.23. The summed E-state index contributed by atoms with van der Waals surface area (Å²) in [5.74, 6) is -0.516. The van der Waals surface area contributed by atoms with Gasteiger partial charge in [0.1, 0.15) is 5.82 Å². The van der Waals surface area contributed by atoms with Crippen molar-refractivity contribution in [2.24, 2.45) is 5.92 Å². The van der Waals surface area contributed by atoms with Gasteiger partial charge >= 0.3 is 0 Å². The Labute approximate surface area is 183 Å². The number of halogens is 1. The molecule has 0 heterocycles. The first-order valence-electron chi connectivity index (χ1n) is 10.4. The Kier molecular flexibility index (Phi) is 7.80. The molecule has 2 aromatic carbocycles. The number of ether oxygens (including phenoxy) is 1. The summed E-state index contributed by atoms with van der Waals surface area (Å²) in [5, 5.41) is 2.98. The largest absolute Gasteiger partial charge is 0.380 e. The molecular weight excluding hydrogens is 419 g/mol. The lowest BCUT2D eigenvalue weighted by Crippen LogP contribution is -2.41. The molecule has 0 aliphatic heterocycles. The Morgan fingerprint density at radius 2 is 1.68 bits per heavy atom. The Balaban J connectivity index is 1.50. The molecule has 1 fully saturated rings. The maximum absolute atomic E-state index is 13.1. The smallest absolute Gasteiger partial charge is 0.240 e. The Hall–Kier alpha value is -2.29. The summed E-state index contributed by atoms with van der Waals surface area (Å²) >= 11 is 0. The second-order valence-corrected chi connectivity index (χ2v) is 9.74. The van der Waals surface area contributed by atoms with E-state index in [2.05, 4.69) is 10.0 Å². The summed E-state index contributed by atoms with van der Waals surface area (Å²) in [7, 11) is -2.02. The molecule has 1 saturated carbocycles. The van der Waals surface area contributed by atoms with E-state index in [1.807, 2.05) is 6.92 Å². The highest BCUT2D eigenvalue weighted by molar-refractivity contribution is 7.89. The van der Waals surface area contributed by atoms with Gasteiger partial charge < -0.3 is 10.1 Å². The lowest BCUT2D eigenvalue weighted by atomic mass is 9.85. The topological polar surface area (TPSA) is 84.5 Å². The van der Waals surface area contributed by atoms with Crippen molar-refractivity contribution in [2.45, 2.75) is 56.2 Å². The third-order valence-electron chi connectivity index (χ3n) is 5.69. The maximum atomic E-state index is 13.1. The van der Waals surface area contributed by atoms with Crippen LogP contribution >= 0.6 is 0 Å². The zero-order valence-corrected chi connectivity index (χ0v) is 18.6. The first kappa shape index (κ1) is 23.4. The Bertz CT molecular complexity index is 970. The summed E-state index contributed by atoms with van der Waals surface area (Å²) in [5.41, 5.74) is 1.75. The highest BCUT2D eigenvalue weighted by Gasteiger charge is 2.29. The molecule has 3 rings (SSSR count). The van der Waals surface area contributed by atoms with Gasteiger partial charge in [0.15, 0.2) is 0 Å². The number of methoxy groups -OCH3 is 1. The molecule has 0 radical (unpaired) electrons. The highest BCUT2D eigenvalue weighted by atomic mass is 32.2. The van der Waals surface area contributed by atoms with E-state index in [-0.39, 0.29) is 34.6 Å². The van der Waals surface area contributed by atoms with Crippen LogP contribution in [-0.2, 0) is 26.2 Å². The van der Waals surface area contributed by atoms with Crippen LogP contribution in [-0.4, -0.2) is 27.5 Å². The molecule has 1 atom stereocenters. The quantitative estimate of drug-likeness (QED) is 0.645. The molecule has 0 saturated heterocycles. The number of rotatable bonds is 8. The number of hydrogen-bond donors (Lipinski definition) is 2. The Morgan fingerprint density at radius 1 is 1.06 bits per heavy atom. The van der Waals surface area contributed by atoms with Gasteiger partial charge in [-0.05, 0) is 68.0 Å². The summed E-state index contributed by atoms with van der Waals surface area (Å²) in [6, 6.07) is 12.3. The fourth-order valence-corrected chi connectivity index (χ4v) is 5.16. The lowest BCUT2D eigenvalue weighted by molar-refractivity contribution is -0.126. The van der Waals surface area contributed by atoms with E-state index in [1.54, 1.807) is 43.5 Å². The lowest BCUT2D eigenvalue weighted by Gasteiger charge is -2.29. The van der Waals surface area contributed by atoms with Gasteiger partial charge in [-0.15, -0.1) is 0 Å². The molecule has 8 heteroatoms. The molecule has 1 unspecified atom stereocenters. The van der Waals surface area contributed by atoms with Crippen molar-refractivity contribution in [3.8, 4) is 0 Å². The van der Waals surface area contributed by atoms with Gasteiger partial charge in [0.25, 0.3) is 0 Å². The van der Waals surface area contributed by atoms with E-state index in [0.717, 1.165) is 11.1 Å². The van der Waals surface area contributed by atoms with Gasteiger partial charge in [-0.25, -0.2) is 17.5 Å². The van der Waals surface area contributed by atoms with Gasteiger partial charge in [0.05, 0.1) is 17.5 Å². The molecule has 1 aliphatic rings. The molecule has 0 bridgehead atoms. The second-order valence-electron chi connectivity index (χ2n) is 8.03. The zero-order chi connectivity index (χ0) is 22.4. The van der Waals surface area contributed by atoms with Gasteiger partial charge in [0, 0.05) is 19.1 Å². The predicted molar refractivity (Wildman–Crippen MR) is 116 cm³/mol. The number of benzene rings is 2. The van der Waals surface area contributed by atoms with E-state index in [9.17, 15) is 17.6 Å². The van der Waals surface area contributed by atoms with E-state index >= 15 is 0 Å². The molecule has 2 aromatic rings. The molecule has 1 amide bonds. The van der Waals surface area contributed by atoms with Gasteiger partial charge in [-0.3, -0.25) is 4.79 Å². The fourth-order valence-electron chi connectivity index (χ4n) is 3.86. The third kappa shape index (κ3) is 6.35. The van der Waals surface area contributed by atoms with E-state index in [0.29, 0.717) is 32.3 Å². The molecule has 0 spiro atoms. The second kappa shape index (κ2) is 10.3. The predicted octanol–water partition coefficient (Wildman–Crippen LogP) is 3.69. The van der Waals surface area contributed by atoms with E-state index in [1.165, 1.54) is 12.1 Å². The van der Waals surface area contributed by atoms with Crippen molar-refractivity contribution in [3.05, 3.63) is 65.5 Å². The van der Waals surface area contributed by atoms with Crippen LogP contribution in [0.25, 0.3) is 0 Å². The van der Waals surface area contributed by atoms with Gasteiger partial charge in [0.2, 0.25) is 15.9 Å². The van der Waals surface area contributed by atoms with Crippen LogP contribution in [0.5, 0.6) is 0 Å². The van der Waals surface area contributed by atoms with Crippen LogP contribution in [0.1, 0.15) is 49.8 Å². The minimum Gasteiger partial charge on any atom is -0.380 e. The number of carbonyl (C=O) groups is 1. The molecule has 0 aromatic heterocycles. The summed E-state index contributed by atoms with van der Waals surface area (Å²) in [6.45, 7) is 2.29. The molecule has 31 heavy (non-hydrogen) atoms. The average Bonchev–Trinajstić information content (AvgIpc) is 2.75. The van der Waals surface area contributed by atoms with Crippen molar-refractivity contribution in [3.63, 3.8) is 0 Å². The van der Waals surface area contributed by atoms with Crippen LogP contribution in [0.3, 0.4) is 0 Å². The van der Waals surface area contributed by atoms with Crippen molar-refractivity contribution in [2.75, 3.05) is 7.11 Å². The van der Waals surface area contributed by atoms with Crippen molar-refractivity contribution in [1.29, 1.82) is 0 Å². The average molecular weight is 449 g/mol. The SMILES string of the molecule is COCc1ccc(S(=O)(=O)NC2CCC(C(=O)NC(C)c3ccc(F)cc3)CC2)cc1. The molecule has 2 N–H and O–H groups in total. The van der Waals surface area contributed by atoms with E-state index in [4.69, 9.17) is 4.74 Å². The van der Waals surface area contributed by atoms with Crippen LogP contribution in [0, 0.1) is 11.7 Å². The standard InChI is InChI=1S/C23H29FN2O4S/c1-16(18-5-9-20(24)10-6-18)25-23(27)19-7-11-21(12-8-19)26-31(28,29)22-13-3-17(4-14-22)15-30-2/h3-6,9-10,13-14,16,19,21,26H,7-8,11-12,15H2,1-2H3,(H,25,27). The molecular formula is C23H29FN2O4S. The number of hydrogen-bond acceptors (Lipinski definition) is 4. The van der Waals surface area contributed by atoms with Crippen LogP contribution in [0.15, 0.2) is 53.4 Å². The normalized spacial score (nSPS) is 20.2. The van der Waals surface area contributed by atoms with Crippen molar-refractivity contribution >= 4 is 15.9 Å². The Morgan fingerprint density at radius 3 is 2.26 bits per heavy atom. The monoisotopic (exact) mass is 448 g/mol. The minimum atomic E-state index is -3.61. The van der Waals surface area contributed by atoms with Gasteiger partial charge in [-0.2, -0.15) is 0 Å². The number of sulfonamides is 1. The molecule has 1 aliphatic carbocycles. The number of carbonyl (C=O) groups excluding carboxylic acids is 1. The van der Waals surface area contributed by atoms with E-state index < -0.39 is 10.0 Å². The maximum Gasteiger partial charge on any atom is 0.240 e. The number of nitrogens with one attached hydrogen (secondary N) is 2. The van der Waals surface area contributed by atoms with Gasteiger partial charge in [-0.1, -0.05) is 24.3 Å². The van der Waals surface area contributed by atoms with Crippen LogP contribution in [0.4, 0.5) is 4.39 Å².